The molecule has 2 aromatic heterocycles. The number of pyridine rings is 2. The maximum Gasteiger partial charge on any atom is 0.268 e. The maximum absolute atomic E-state index is 12.4. The SMILES string of the molecule is [B]C([B])(O)C1(OC)CCN(c2c(C#N)c(=O)[nH]c3cnc(C(C)O)cc23)CC1. The number of hydrogen-bond acceptors (Lipinski definition) is 7. The summed E-state index contributed by atoms with van der Waals surface area (Å²) in [5.41, 5.74) is -0.356. The fraction of sp³-hybridized carbons (Fsp3) is 0.500. The first-order chi connectivity index (χ1) is 13.1. The molecule has 8 nitrogen and oxygen atoms in total. The molecular formula is C18H20B2N4O4. The molecule has 0 saturated carbocycles. The molecule has 3 N–H and O–H groups in total. The highest BCUT2D eigenvalue weighted by Gasteiger charge is 2.45. The van der Waals surface area contributed by atoms with Crippen molar-refractivity contribution in [3.8, 4) is 6.07 Å². The van der Waals surface area contributed by atoms with E-state index in [4.69, 9.17) is 20.4 Å². The van der Waals surface area contributed by atoms with Gasteiger partial charge in [-0.15, -0.1) is 0 Å². The lowest BCUT2D eigenvalue weighted by Crippen LogP contribution is -2.61. The number of aliphatic hydroxyl groups is 2. The first-order valence-electron chi connectivity index (χ1n) is 8.88. The minimum atomic E-state index is -2.02. The van der Waals surface area contributed by atoms with E-state index in [9.17, 15) is 20.3 Å². The summed E-state index contributed by atoms with van der Waals surface area (Å²) in [4.78, 5) is 21.1. The lowest BCUT2D eigenvalue weighted by molar-refractivity contribution is -0.103. The summed E-state index contributed by atoms with van der Waals surface area (Å²) in [6, 6.07) is 3.63. The summed E-state index contributed by atoms with van der Waals surface area (Å²) in [7, 11) is 12.9. The lowest BCUT2D eigenvalue weighted by atomic mass is 9.53. The van der Waals surface area contributed by atoms with Crippen LogP contribution in [0.2, 0.25) is 0 Å². The second-order valence-electron chi connectivity index (χ2n) is 7.13. The Bertz CT molecular complexity index is 986. The third-order valence-corrected chi connectivity index (χ3v) is 5.44. The van der Waals surface area contributed by atoms with Crippen LogP contribution in [-0.4, -0.2) is 67.1 Å². The summed E-state index contributed by atoms with van der Waals surface area (Å²) < 4.78 is 5.44. The first-order valence-corrected chi connectivity index (χ1v) is 8.88. The number of aromatic amines is 1. The Morgan fingerprint density at radius 2 is 2.11 bits per heavy atom. The molecule has 10 heteroatoms. The molecule has 2 aromatic rings. The molecule has 4 radical (unpaired) electrons. The molecule has 0 amide bonds. The highest BCUT2D eigenvalue weighted by molar-refractivity contribution is 6.39. The molecule has 1 aliphatic rings. The monoisotopic (exact) mass is 378 g/mol. The van der Waals surface area contributed by atoms with Gasteiger partial charge in [0.25, 0.3) is 5.56 Å². The number of rotatable bonds is 4. The number of nitriles is 1. The van der Waals surface area contributed by atoms with Crippen LogP contribution in [0.1, 0.15) is 37.1 Å². The average Bonchev–Trinajstić information content (AvgIpc) is 2.65. The first kappa shape index (κ1) is 20.4. The van der Waals surface area contributed by atoms with Crippen LogP contribution in [0.15, 0.2) is 17.1 Å². The molecule has 1 atom stereocenters. The van der Waals surface area contributed by atoms with Crippen LogP contribution in [0.25, 0.3) is 10.9 Å². The quantitative estimate of drug-likeness (QED) is 0.631. The van der Waals surface area contributed by atoms with E-state index in [1.54, 1.807) is 13.0 Å². The summed E-state index contributed by atoms with van der Waals surface area (Å²) >= 11 is 0. The number of aromatic nitrogens is 2. The number of methoxy groups -OCH3 is 1. The van der Waals surface area contributed by atoms with Gasteiger partial charge in [-0.3, -0.25) is 9.78 Å². The van der Waals surface area contributed by atoms with Crippen LogP contribution < -0.4 is 10.5 Å². The summed E-state index contributed by atoms with van der Waals surface area (Å²) in [5.74, 6) is 0. The van der Waals surface area contributed by atoms with E-state index in [0.717, 1.165) is 0 Å². The van der Waals surface area contributed by atoms with Crippen molar-refractivity contribution in [2.45, 2.75) is 36.9 Å². The molecule has 1 saturated heterocycles. The van der Waals surface area contributed by atoms with Gasteiger partial charge in [0.05, 0.1) is 34.8 Å². The number of nitrogens with zero attached hydrogens (tertiary/aromatic N) is 3. The van der Waals surface area contributed by atoms with E-state index in [-0.39, 0.29) is 5.56 Å². The Kier molecular flexibility index (Phi) is 5.28. The number of piperidine rings is 1. The highest BCUT2D eigenvalue weighted by atomic mass is 16.5. The standard InChI is InChI=1S/C18H20B2N4O4/c1-10(25)13-7-11-14(9-22-13)23-16(26)12(8-21)15(11)24-5-3-17(28-2,4-6-24)18(19,20)27/h7,9-10,25,27H,3-6H2,1-2H3,(H,23,26). The molecular weight excluding hydrogens is 358 g/mol. The molecule has 1 aliphatic heterocycles. The Hall–Kier alpha value is -2.34. The van der Waals surface area contributed by atoms with Gasteiger partial charge >= 0.3 is 0 Å². The normalized spacial score (nSPS) is 18.0. The van der Waals surface area contributed by atoms with Crippen molar-refractivity contribution >= 4 is 32.3 Å². The van der Waals surface area contributed by atoms with Crippen molar-refractivity contribution in [1.82, 2.24) is 9.97 Å². The van der Waals surface area contributed by atoms with Crippen LogP contribution >= 0.6 is 0 Å². The third kappa shape index (κ3) is 3.30. The zero-order valence-electron chi connectivity index (χ0n) is 15.8. The number of nitrogens with one attached hydrogen (secondary N) is 1. The van der Waals surface area contributed by atoms with Crippen molar-refractivity contribution < 1.29 is 14.9 Å². The number of anilines is 1. The Morgan fingerprint density at radius 3 is 2.61 bits per heavy atom. The zero-order valence-corrected chi connectivity index (χ0v) is 15.8. The topological polar surface area (TPSA) is 122 Å². The molecule has 0 bridgehead atoms. The van der Waals surface area contributed by atoms with Gasteiger partial charge < -0.3 is 24.8 Å². The molecule has 3 rings (SSSR count). The highest BCUT2D eigenvalue weighted by Crippen LogP contribution is 2.37. The second kappa shape index (κ2) is 7.24. The Morgan fingerprint density at radius 1 is 1.46 bits per heavy atom. The van der Waals surface area contributed by atoms with E-state index in [1.165, 1.54) is 13.3 Å². The van der Waals surface area contributed by atoms with Gasteiger partial charge in [-0.1, -0.05) is 0 Å². The van der Waals surface area contributed by atoms with Gasteiger partial charge in [-0.2, -0.15) is 5.26 Å². The molecule has 0 spiro atoms. The largest absolute Gasteiger partial charge is 0.406 e. The molecule has 142 valence electrons. The molecule has 1 fully saturated rings. The van der Waals surface area contributed by atoms with Crippen LogP contribution in [0.5, 0.6) is 0 Å². The van der Waals surface area contributed by atoms with Crippen molar-refractivity contribution in [3.05, 3.63) is 33.9 Å². The van der Waals surface area contributed by atoms with Crippen molar-refractivity contribution in [1.29, 1.82) is 5.26 Å². The van der Waals surface area contributed by atoms with Crippen molar-refractivity contribution in [2.75, 3.05) is 25.1 Å². The van der Waals surface area contributed by atoms with Gasteiger partial charge in [0.1, 0.15) is 27.3 Å². The summed E-state index contributed by atoms with van der Waals surface area (Å²) in [6.45, 7) is 2.29. The van der Waals surface area contributed by atoms with Gasteiger partial charge in [0.2, 0.25) is 0 Å². The lowest BCUT2D eigenvalue weighted by Gasteiger charge is -2.49. The average molecular weight is 378 g/mol. The number of aliphatic hydroxyl groups excluding tert-OH is 1. The smallest absolute Gasteiger partial charge is 0.268 e. The van der Waals surface area contributed by atoms with Crippen molar-refractivity contribution in [3.63, 3.8) is 0 Å². The Labute approximate surface area is 165 Å². The van der Waals surface area contributed by atoms with E-state index in [2.05, 4.69) is 9.97 Å². The summed E-state index contributed by atoms with van der Waals surface area (Å²) in [5, 5.41) is 28.2. The fourth-order valence-electron chi connectivity index (χ4n) is 3.71. The van der Waals surface area contributed by atoms with Gasteiger partial charge in [0, 0.05) is 31.0 Å². The number of ether oxygens (including phenoxy) is 1. The second-order valence-corrected chi connectivity index (χ2v) is 7.13. The van der Waals surface area contributed by atoms with Crippen LogP contribution in [0.3, 0.4) is 0 Å². The van der Waals surface area contributed by atoms with E-state index >= 15 is 0 Å². The van der Waals surface area contributed by atoms with E-state index < -0.39 is 22.7 Å². The fourth-order valence-corrected chi connectivity index (χ4v) is 3.71. The molecule has 0 aromatic carbocycles. The molecule has 3 heterocycles. The number of hydrogen-bond donors (Lipinski definition) is 3. The number of fused-ring (bicyclic) bond motifs is 1. The van der Waals surface area contributed by atoms with Crippen molar-refractivity contribution in [2.24, 2.45) is 0 Å². The minimum Gasteiger partial charge on any atom is -0.406 e. The van der Waals surface area contributed by atoms with E-state index in [0.29, 0.717) is 48.2 Å². The van der Waals surface area contributed by atoms with Crippen LogP contribution in [0, 0.1) is 11.3 Å². The Balaban J connectivity index is 2.11. The molecule has 0 aliphatic carbocycles. The molecule has 1 unspecified atom stereocenters. The maximum atomic E-state index is 12.4. The predicted molar refractivity (Wildman–Crippen MR) is 105 cm³/mol. The van der Waals surface area contributed by atoms with Gasteiger partial charge in [-0.25, -0.2) is 0 Å². The predicted octanol–water partition coefficient (Wildman–Crippen LogP) is -0.183. The summed E-state index contributed by atoms with van der Waals surface area (Å²) in [6.07, 6.45) is 1.24. The van der Waals surface area contributed by atoms with Crippen LogP contribution in [-0.2, 0) is 4.74 Å². The van der Waals surface area contributed by atoms with Gasteiger partial charge in [-0.05, 0) is 25.8 Å². The molecule has 28 heavy (non-hydrogen) atoms. The zero-order chi connectivity index (χ0) is 20.7. The van der Waals surface area contributed by atoms with Gasteiger partial charge in [0.15, 0.2) is 0 Å². The third-order valence-electron chi connectivity index (χ3n) is 5.44. The van der Waals surface area contributed by atoms with E-state index in [1.807, 2.05) is 11.0 Å². The van der Waals surface area contributed by atoms with Crippen LogP contribution in [0.4, 0.5) is 5.69 Å². The minimum absolute atomic E-state index is 0.0316. The number of H-pyrrole nitrogens is 1.